The molecule has 0 amide bonds. The van der Waals surface area contributed by atoms with Gasteiger partial charge in [0.05, 0.1) is 6.61 Å². The summed E-state index contributed by atoms with van der Waals surface area (Å²) in [5.41, 5.74) is 6.70. The Bertz CT molecular complexity index is 567. The van der Waals surface area contributed by atoms with Crippen LogP contribution in [0.4, 0.5) is 4.39 Å². The Labute approximate surface area is 123 Å². The number of halogens is 1. The Hall–Kier alpha value is -0.970. The summed E-state index contributed by atoms with van der Waals surface area (Å²) in [6.45, 7) is 5.94. The first kappa shape index (κ1) is 15.4. The van der Waals surface area contributed by atoms with Gasteiger partial charge in [0.15, 0.2) is 0 Å². The van der Waals surface area contributed by atoms with Crippen LogP contribution < -0.4 is 5.73 Å². The summed E-state index contributed by atoms with van der Waals surface area (Å²) in [5, 5.41) is 0.682. The Morgan fingerprint density at radius 1 is 1.40 bits per heavy atom. The zero-order valence-electron chi connectivity index (χ0n) is 12.1. The average Bonchev–Trinajstić information content (AvgIpc) is 2.78. The Kier molecular flexibility index (Phi) is 5.52. The van der Waals surface area contributed by atoms with Gasteiger partial charge in [-0.2, -0.15) is 0 Å². The second-order valence-electron chi connectivity index (χ2n) is 5.23. The highest BCUT2D eigenvalue weighted by atomic mass is 32.1. The van der Waals surface area contributed by atoms with Crippen LogP contribution in [0, 0.1) is 11.7 Å². The molecule has 0 fully saturated rings. The number of hydrogen-bond acceptors (Lipinski definition) is 3. The quantitative estimate of drug-likeness (QED) is 0.819. The van der Waals surface area contributed by atoms with Gasteiger partial charge >= 0.3 is 0 Å². The van der Waals surface area contributed by atoms with E-state index in [0.717, 1.165) is 28.0 Å². The molecule has 1 aromatic heterocycles. The summed E-state index contributed by atoms with van der Waals surface area (Å²) >= 11 is 1.56. The first-order valence-electron chi connectivity index (χ1n) is 7.13. The predicted molar refractivity (Wildman–Crippen MR) is 83.4 cm³/mol. The van der Waals surface area contributed by atoms with Crippen molar-refractivity contribution < 1.29 is 9.13 Å². The normalized spacial score (nSPS) is 13.0. The lowest BCUT2D eigenvalue weighted by Crippen LogP contribution is -2.07. The van der Waals surface area contributed by atoms with Gasteiger partial charge in [-0.1, -0.05) is 26.3 Å². The van der Waals surface area contributed by atoms with Gasteiger partial charge in [-0.25, -0.2) is 4.39 Å². The SMILES string of the molecule is CCCC(C)COCc1c(CN)sc2cccc(F)c12. The van der Waals surface area contributed by atoms with Crippen molar-refractivity contribution in [3.8, 4) is 0 Å². The van der Waals surface area contributed by atoms with E-state index in [-0.39, 0.29) is 5.82 Å². The van der Waals surface area contributed by atoms with E-state index < -0.39 is 0 Å². The molecule has 0 saturated heterocycles. The van der Waals surface area contributed by atoms with Crippen LogP contribution in [0.5, 0.6) is 0 Å². The summed E-state index contributed by atoms with van der Waals surface area (Å²) in [5.74, 6) is 0.356. The molecule has 2 N–H and O–H groups in total. The molecule has 20 heavy (non-hydrogen) atoms. The third-order valence-electron chi connectivity index (χ3n) is 3.46. The molecule has 2 nitrogen and oxygen atoms in total. The van der Waals surface area contributed by atoms with Crippen molar-refractivity contribution >= 4 is 21.4 Å². The molecule has 1 heterocycles. The van der Waals surface area contributed by atoms with Crippen LogP contribution >= 0.6 is 11.3 Å². The number of fused-ring (bicyclic) bond motifs is 1. The van der Waals surface area contributed by atoms with Gasteiger partial charge in [0, 0.05) is 33.7 Å². The van der Waals surface area contributed by atoms with Gasteiger partial charge in [0.1, 0.15) is 5.82 Å². The summed E-state index contributed by atoms with van der Waals surface area (Å²) in [4.78, 5) is 1.02. The van der Waals surface area contributed by atoms with Crippen LogP contribution in [0.25, 0.3) is 10.1 Å². The minimum Gasteiger partial charge on any atom is -0.376 e. The van der Waals surface area contributed by atoms with E-state index in [4.69, 9.17) is 10.5 Å². The minimum absolute atomic E-state index is 0.182. The van der Waals surface area contributed by atoms with E-state index in [1.54, 1.807) is 17.4 Å². The number of thiophene rings is 1. The average molecular weight is 295 g/mol. The molecule has 0 aliphatic rings. The molecule has 4 heteroatoms. The molecule has 110 valence electrons. The lowest BCUT2D eigenvalue weighted by molar-refractivity contribution is 0.0897. The largest absolute Gasteiger partial charge is 0.376 e. The van der Waals surface area contributed by atoms with Crippen LogP contribution in [0.3, 0.4) is 0 Å². The molecule has 0 bridgehead atoms. The highest BCUT2D eigenvalue weighted by Crippen LogP contribution is 2.33. The highest BCUT2D eigenvalue weighted by Gasteiger charge is 2.15. The molecule has 1 atom stereocenters. The number of ether oxygens (including phenoxy) is 1. The number of nitrogens with two attached hydrogens (primary N) is 1. The fraction of sp³-hybridized carbons (Fsp3) is 0.500. The topological polar surface area (TPSA) is 35.2 Å². The highest BCUT2D eigenvalue weighted by molar-refractivity contribution is 7.19. The Balaban J connectivity index is 2.16. The van der Waals surface area contributed by atoms with E-state index in [9.17, 15) is 4.39 Å². The molecule has 0 aliphatic heterocycles. The summed E-state index contributed by atoms with van der Waals surface area (Å²) in [7, 11) is 0. The smallest absolute Gasteiger partial charge is 0.132 e. The molecule has 1 aromatic carbocycles. The maximum Gasteiger partial charge on any atom is 0.132 e. The van der Waals surface area contributed by atoms with Gasteiger partial charge in [-0.15, -0.1) is 11.3 Å². The molecule has 2 aromatic rings. The predicted octanol–water partition coefficient (Wildman–Crippen LogP) is 4.45. The first-order valence-corrected chi connectivity index (χ1v) is 7.95. The van der Waals surface area contributed by atoms with E-state index in [1.807, 2.05) is 6.07 Å². The second-order valence-corrected chi connectivity index (χ2v) is 6.37. The summed E-state index contributed by atoms with van der Waals surface area (Å²) < 4.78 is 20.7. The maximum absolute atomic E-state index is 14.0. The van der Waals surface area contributed by atoms with Gasteiger partial charge in [0.2, 0.25) is 0 Å². The zero-order valence-corrected chi connectivity index (χ0v) is 12.9. The molecular formula is C16H22FNOS. The molecule has 0 aliphatic carbocycles. The maximum atomic E-state index is 14.0. The van der Waals surface area contributed by atoms with Crippen molar-refractivity contribution in [3.05, 3.63) is 34.5 Å². The standard InChI is InChI=1S/C16H22FNOS/c1-3-5-11(2)9-19-10-12-15(8-18)20-14-7-4-6-13(17)16(12)14/h4,6-7,11H,3,5,8-10,18H2,1-2H3. The third kappa shape index (κ3) is 3.37. The van der Waals surface area contributed by atoms with Crippen LogP contribution in [0.15, 0.2) is 18.2 Å². The van der Waals surface area contributed by atoms with Crippen LogP contribution in [0.1, 0.15) is 37.1 Å². The van der Waals surface area contributed by atoms with Gasteiger partial charge in [-0.05, 0) is 24.5 Å². The summed E-state index contributed by atoms with van der Waals surface area (Å²) in [6.07, 6.45) is 2.32. The van der Waals surface area contributed by atoms with Crippen molar-refractivity contribution in [1.29, 1.82) is 0 Å². The first-order chi connectivity index (χ1) is 9.67. The number of rotatable bonds is 7. The fourth-order valence-electron chi connectivity index (χ4n) is 2.47. The Morgan fingerprint density at radius 3 is 2.90 bits per heavy atom. The van der Waals surface area contributed by atoms with Crippen molar-refractivity contribution in [3.63, 3.8) is 0 Å². The number of hydrogen-bond donors (Lipinski definition) is 1. The van der Waals surface area contributed by atoms with E-state index in [2.05, 4.69) is 13.8 Å². The van der Waals surface area contributed by atoms with Crippen LogP contribution in [0.2, 0.25) is 0 Å². The molecule has 0 saturated carbocycles. The lowest BCUT2D eigenvalue weighted by atomic mass is 10.1. The third-order valence-corrected chi connectivity index (χ3v) is 4.68. The molecule has 1 unspecified atom stereocenters. The van der Waals surface area contributed by atoms with Gasteiger partial charge in [-0.3, -0.25) is 0 Å². The minimum atomic E-state index is -0.182. The van der Waals surface area contributed by atoms with Crippen molar-refractivity contribution in [1.82, 2.24) is 0 Å². The fourth-order valence-corrected chi connectivity index (χ4v) is 3.57. The van der Waals surface area contributed by atoms with E-state index in [0.29, 0.717) is 31.1 Å². The van der Waals surface area contributed by atoms with Gasteiger partial charge in [0.25, 0.3) is 0 Å². The molecule has 0 spiro atoms. The second kappa shape index (κ2) is 7.16. The lowest BCUT2D eigenvalue weighted by Gasteiger charge is -2.11. The van der Waals surface area contributed by atoms with Crippen molar-refractivity contribution in [2.24, 2.45) is 11.7 Å². The van der Waals surface area contributed by atoms with E-state index in [1.165, 1.54) is 6.07 Å². The van der Waals surface area contributed by atoms with E-state index >= 15 is 0 Å². The summed E-state index contributed by atoms with van der Waals surface area (Å²) in [6, 6.07) is 5.17. The van der Waals surface area contributed by atoms with Crippen molar-refractivity contribution in [2.75, 3.05) is 6.61 Å². The van der Waals surface area contributed by atoms with Crippen LogP contribution in [-0.4, -0.2) is 6.61 Å². The van der Waals surface area contributed by atoms with Crippen molar-refractivity contribution in [2.45, 2.75) is 39.8 Å². The number of benzene rings is 1. The van der Waals surface area contributed by atoms with Crippen LogP contribution in [-0.2, 0) is 17.9 Å². The Morgan fingerprint density at radius 2 is 2.20 bits per heavy atom. The van der Waals surface area contributed by atoms with Gasteiger partial charge < -0.3 is 10.5 Å². The molecule has 0 radical (unpaired) electrons. The monoisotopic (exact) mass is 295 g/mol. The molecule has 2 rings (SSSR count). The molecular weight excluding hydrogens is 273 g/mol. The zero-order chi connectivity index (χ0) is 14.5.